The van der Waals surface area contributed by atoms with Crippen LogP contribution in [0.2, 0.25) is 0 Å². The number of morpholine rings is 1. The van der Waals surface area contributed by atoms with Crippen molar-refractivity contribution in [2.45, 2.75) is 6.10 Å². The van der Waals surface area contributed by atoms with E-state index in [0.717, 1.165) is 34.9 Å². The van der Waals surface area contributed by atoms with E-state index in [1.165, 1.54) is 0 Å². The number of ether oxygens (including phenoxy) is 2. The molecule has 0 aliphatic carbocycles. The standard InChI is InChI=1S/C27H25N3O7/c31-27(22-15-23(29(32)33)17-24(16-22)30(34)35)37-25(19-28-11-13-36-14-12-28)18-26(20-7-3-1-4-8-20)21-9-5-2-6-10-21/h1-10,15-18,25H,11-14,19H2. The number of nitro benzene ring substituents is 2. The van der Waals surface area contributed by atoms with E-state index in [4.69, 9.17) is 9.47 Å². The first kappa shape index (κ1) is 25.7. The van der Waals surface area contributed by atoms with Crippen LogP contribution in [0, 0.1) is 20.2 Å². The summed E-state index contributed by atoms with van der Waals surface area (Å²) in [6.07, 6.45) is 1.10. The van der Waals surface area contributed by atoms with Gasteiger partial charge in [0.05, 0.1) is 34.7 Å². The average molecular weight is 504 g/mol. The van der Waals surface area contributed by atoms with Crippen molar-refractivity contribution in [3.05, 3.63) is 122 Å². The molecule has 0 saturated carbocycles. The van der Waals surface area contributed by atoms with Gasteiger partial charge in [0.15, 0.2) is 0 Å². The Labute approximate surface area is 213 Å². The normalized spacial score (nSPS) is 14.4. The first-order valence-electron chi connectivity index (χ1n) is 11.7. The van der Waals surface area contributed by atoms with Crippen LogP contribution < -0.4 is 0 Å². The summed E-state index contributed by atoms with van der Waals surface area (Å²) in [5, 5.41) is 22.6. The lowest BCUT2D eigenvalue weighted by atomic mass is 9.96. The van der Waals surface area contributed by atoms with Crippen molar-refractivity contribution in [2.75, 3.05) is 32.8 Å². The van der Waals surface area contributed by atoms with Crippen LogP contribution in [0.3, 0.4) is 0 Å². The number of esters is 1. The zero-order valence-electron chi connectivity index (χ0n) is 19.9. The van der Waals surface area contributed by atoms with E-state index < -0.39 is 33.3 Å². The Morgan fingerprint density at radius 2 is 1.38 bits per heavy atom. The lowest BCUT2D eigenvalue weighted by Crippen LogP contribution is -2.41. The summed E-state index contributed by atoms with van der Waals surface area (Å²) in [6, 6.07) is 22.1. The lowest BCUT2D eigenvalue weighted by Gasteiger charge is -2.29. The van der Waals surface area contributed by atoms with Crippen molar-refractivity contribution in [3.63, 3.8) is 0 Å². The van der Waals surface area contributed by atoms with E-state index >= 15 is 0 Å². The summed E-state index contributed by atoms with van der Waals surface area (Å²) in [6.45, 7) is 2.75. The molecule has 1 unspecified atom stereocenters. The van der Waals surface area contributed by atoms with Gasteiger partial charge in [-0.1, -0.05) is 60.7 Å². The van der Waals surface area contributed by atoms with Crippen molar-refractivity contribution in [1.29, 1.82) is 0 Å². The van der Waals surface area contributed by atoms with Gasteiger partial charge in [-0.05, 0) is 22.8 Å². The number of carbonyl (C=O) groups is 1. The van der Waals surface area contributed by atoms with Crippen molar-refractivity contribution < 1.29 is 24.1 Å². The Hall–Kier alpha value is -4.41. The molecule has 0 radical (unpaired) electrons. The Bertz CT molecular complexity index is 1220. The van der Waals surface area contributed by atoms with E-state index in [1.54, 1.807) is 0 Å². The maximum Gasteiger partial charge on any atom is 0.339 e. The molecule has 0 amide bonds. The quantitative estimate of drug-likeness (QED) is 0.238. The molecule has 0 bridgehead atoms. The Morgan fingerprint density at radius 3 is 1.86 bits per heavy atom. The SMILES string of the molecule is O=C(OC(C=C(c1ccccc1)c1ccccc1)CN1CCOCC1)c1cc([N+](=O)[O-])cc([N+](=O)[O-])c1. The van der Waals surface area contributed by atoms with Crippen LogP contribution in [-0.2, 0) is 9.47 Å². The fraction of sp³-hybridized carbons (Fsp3) is 0.222. The minimum absolute atomic E-state index is 0.262. The van der Waals surface area contributed by atoms with Crippen LogP contribution in [0.25, 0.3) is 5.57 Å². The second-order valence-corrected chi connectivity index (χ2v) is 8.42. The van der Waals surface area contributed by atoms with Gasteiger partial charge in [0.25, 0.3) is 11.4 Å². The number of rotatable bonds is 9. The first-order chi connectivity index (χ1) is 17.9. The molecule has 1 atom stereocenters. The van der Waals surface area contributed by atoms with Gasteiger partial charge in [-0.2, -0.15) is 0 Å². The summed E-state index contributed by atoms with van der Waals surface area (Å²) in [5.41, 5.74) is 1.30. The van der Waals surface area contributed by atoms with Gasteiger partial charge >= 0.3 is 5.97 Å². The summed E-state index contributed by atoms with van der Waals surface area (Å²) in [5.74, 6) is -0.887. The molecule has 1 saturated heterocycles. The number of nitro groups is 2. The van der Waals surface area contributed by atoms with Crippen LogP contribution >= 0.6 is 0 Å². The van der Waals surface area contributed by atoms with Gasteiger partial charge in [0.2, 0.25) is 0 Å². The smallest absolute Gasteiger partial charge is 0.339 e. The fourth-order valence-corrected chi connectivity index (χ4v) is 4.07. The summed E-state index contributed by atoms with van der Waals surface area (Å²) < 4.78 is 11.3. The molecule has 10 nitrogen and oxygen atoms in total. The Kier molecular flexibility index (Phi) is 8.34. The number of benzene rings is 3. The van der Waals surface area contributed by atoms with Gasteiger partial charge in [0.1, 0.15) is 6.10 Å². The molecule has 1 aliphatic heterocycles. The van der Waals surface area contributed by atoms with Crippen LogP contribution in [0.1, 0.15) is 21.5 Å². The van der Waals surface area contributed by atoms with Crippen molar-refractivity contribution in [1.82, 2.24) is 4.90 Å². The Morgan fingerprint density at radius 1 is 0.865 bits per heavy atom. The van der Waals surface area contributed by atoms with Gasteiger partial charge in [-0.3, -0.25) is 25.1 Å². The molecule has 3 aromatic rings. The third-order valence-corrected chi connectivity index (χ3v) is 5.88. The minimum Gasteiger partial charge on any atom is -0.453 e. The van der Waals surface area contributed by atoms with Crippen LogP contribution in [0.4, 0.5) is 11.4 Å². The topological polar surface area (TPSA) is 125 Å². The third-order valence-electron chi connectivity index (χ3n) is 5.88. The molecule has 3 aromatic carbocycles. The van der Waals surface area contributed by atoms with E-state index in [2.05, 4.69) is 4.90 Å². The van der Waals surface area contributed by atoms with Gasteiger partial charge in [-0.25, -0.2) is 4.79 Å². The molecule has 1 aliphatic rings. The number of nitrogens with zero attached hydrogens (tertiary/aromatic N) is 3. The summed E-state index contributed by atoms with van der Waals surface area (Å²) in [4.78, 5) is 36.3. The summed E-state index contributed by atoms with van der Waals surface area (Å²) >= 11 is 0. The Balaban J connectivity index is 1.72. The molecule has 0 N–H and O–H groups in total. The highest BCUT2D eigenvalue weighted by Crippen LogP contribution is 2.27. The largest absolute Gasteiger partial charge is 0.453 e. The zero-order valence-corrected chi connectivity index (χ0v) is 19.9. The highest BCUT2D eigenvalue weighted by molar-refractivity contribution is 5.91. The second-order valence-electron chi connectivity index (χ2n) is 8.42. The van der Waals surface area contributed by atoms with Crippen LogP contribution in [0.15, 0.2) is 84.9 Å². The van der Waals surface area contributed by atoms with E-state index in [1.807, 2.05) is 66.7 Å². The van der Waals surface area contributed by atoms with Crippen molar-refractivity contribution in [2.24, 2.45) is 0 Å². The van der Waals surface area contributed by atoms with Gasteiger partial charge < -0.3 is 9.47 Å². The van der Waals surface area contributed by atoms with Crippen molar-refractivity contribution in [3.8, 4) is 0 Å². The molecule has 37 heavy (non-hydrogen) atoms. The number of carbonyl (C=O) groups excluding carboxylic acids is 1. The van der Waals surface area contributed by atoms with Crippen molar-refractivity contribution >= 4 is 22.9 Å². The molecule has 4 rings (SSSR count). The molecule has 1 fully saturated rings. The highest BCUT2D eigenvalue weighted by atomic mass is 16.6. The van der Waals surface area contributed by atoms with Crippen LogP contribution in [0.5, 0.6) is 0 Å². The second kappa shape index (κ2) is 12.0. The number of non-ortho nitro benzene ring substituents is 2. The maximum atomic E-state index is 13.2. The van der Waals surface area contributed by atoms with Gasteiger partial charge in [-0.15, -0.1) is 0 Å². The molecule has 10 heteroatoms. The summed E-state index contributed by atoms with van der Waals surface area (Å²) in [7, 11) is 0. The highest BCUT2D eigenvalue weighted by Gasteiger charge is 2.25. The number of hydrogen-bond donors (Lipinski definition) is 0. The van der Waals surface area contributed by atoms with E-state index in [-0.39, 0.29) is 5.56 Å². The molecular formula is C27H25N3O7. The van der Waals surface area contributed by atoms with Crippen LogP contribution in [-0.4, -0.2) is 59.7 Å². The molecule has 1 heterocycles. The van der Waals surface area contributed by atoms with E-state index in [9.17, 15) is 25.0 Å². The van der Waals surface area contributed by atoms with Gasteiger partial charge in [0, 0.05) is 31.8 Å². The fourth-order valence-electron chi connectivity index (χ4n) is 4.07. The zero-order chi connectivity index (χ0) is 26.2. The molecule has 190 valence electrons. The predicted octanol–water partition coefficient (Wildman–Crippen LogP) is 4.49. The van der Waals surface area contributed by atoms with E-state index in [0.29, 0.717) is 32.8 Å². The molecule has 0 spiro atoms. The first-order valence-corrected chi connectivity index (χ1v) is 11.7. The average Bonchev–Trinajstić information content (AvgIpc) is 2.92. The number of hydrogen-bond acceptors (Lipinski definition) is 8. The minimum atomic E-state index is -0.887. The monoisotopic (exact) mass is 503 g/mol. The maximum absolute atomic E-state index is 13.2. The molecule has 0 aromatic heterocycles. The molecular weight excluding hydrogens is 478 g/mol. The lowest BCUT2D eigenvalue weighted by molar-refractivity contribution is -0.394. The predicted molar refractivity (Wildman–Crippen MR) is 136 cm³/mol. The third kappa shape index (κ3) is 6.84.